The highest BCUT2D eigenvalue weighted by atomic mass is 16.5. The number of para-hydroxylation sites is 1. The average molecular weight is 395 g/mol. The van der Waals surface area contributed by atoms with Crippen LogP contribution in [0.4, 0.5) is 0 Å². The number of imidazole rings is 1. The summed E-state index contributed by atoms with van der Waals surface area (Å²) in [5.74, 6) is 2.69. The first-order chi connectivity index (χ1) is 14.2. The van der Waals surface area contributed by atoms with E-state index in [4.69, 9.17) is 4.74 Å². The molecule has 2 unspecified atom stereocenters. The van der Waals surface area contributed by atoms with E-state index in [1.807, 2.05) is 24.4 Å². The number of amides is 1. The summed E-state index contributed by atoms with van der Waals surface area (Å²) in [6.45, 7) is 2.14. The second-order valence-corrected chi connectivity index (χ2v) is 8.79. The number of nitrogens with one attached hydrogen (secondary N) is 2. The molecule has 0 bridgehead atoms. The van der Waals surface area contributed by atoms with Crippen LogP contribution in [0, 0.1) is 5.92 Å². The molecule has 3 heterocycles. The Balaban J connectivity index is 1.17. The number of carbonyl (C=O) groups is 1. The molecule has 6 nitrogen and oxygen atoms in total. The molecule has 1 amide bonds. The van der Waals surface area contributed by atoms with E-state index in [-0.39, 0.29) is 11.9 Å². The van der Waals surface area contributed by atoms with E-state index >= 15 is 0 Å². The van der Waals surface area contributed by atoms with Gasteiger partial charge in [0.05, 0.1) is 12.6 Å². The Morgan fingerprint density at radius 1 is 1.24 bits per heavy atom. The predicted octanol–water partition coefficient (Wildman–Crippen LogP) is 3.06. The van der Waals surface area contributed by atoms with Crippen molar-refractivity contribution in [1.29, 1.82) is 0 Å². The van der Waals surface area contributed by atoms with Crippen LogP contribution < -0.4 is 15.4 Å². The van der Waals surface area contributed by atoms with Crippen LogP contribution in [-0.2, 0) is 19.5 Å². The van der Waals surface area contributed by atoms with E-state index in [0.717, 1.165) is 42.6 Å². The minimum absolute atomic E-state index is 0.0200. The van der Waals surface area contributed by atoms with E-state index in [2.05, 4.69) is 26.3 Å². The van der Waals surface area contributed by atoms with Gasteiger partial charge in [-0.05, 0) is 36.8 Å². The SMILES string of the molecule is O=C(NC1COc2ccccc2C1)c1cn2c(n1)CNC(CCC1CCCC1)C2. The van der Waals surface area contributed by atoms with Gasteiger partial charge < -0.3 is 19.9 Å². The van der Waals surface area contributed by atoms with Gasteiger partial charge in [0.2, 0.25) is 0 Å². The Morgan fingerprint density at radius 3 is 3.00 bits per heavy atom. The quantitative estimate of drug-likeness (QED) is 0.818. The Labute approximate surface area is 172 Å². The van der Waals surface area contributed by atoms with Gasteiger partial charge in [0.15, 0.2) is 0 Å². The van der Waals surface area contributed by atoms with Crippen LogP contribution >= 0.6 is 0 Å². The third-order valence-electron chi connectivity index (χ3n) is 6.67. The highest BCUT2D eigenvalue weighted by Gasteiger charge is 2.26. The highest BCUT2D eigenvalue weighted by Crippen LogP contribution is 2.29. The minimum atomic E-state index is -0.109. The molecule has 3 aliphatic rings. The van der Waals surface area contributed by atoms with Crippen LogP contribution in [0.1, 0.15) is 60.4 Å². The molecule has 1 aliphatic carbocycles. The number of rotatable bonds is 5. The van der Waals surface area contributed by atoms with Crippen molar-refractivity contribution in [3.05, 3.63) is 47.5 Å². The first-order valence-corrected chi connectivity index (χ1v) is 11.1. The van der Waals surface area contributed by atoms with Gasteiger partial charge >= 0.3 is 0 Å². The fraction of sp³-hybridized carbons (Fsp3) is 0.565. The van der Waals surface area contributed by atoms with Crippen molar-refractivity contribution in [3.63, 3.8) is 0 Å². The maximum Gasteiger partial charge on any atom is 0.271 e. The fourth-order valence-corrected chi connectivity index (χ4v) is 5.01. The number of hydrogen-bond acceptors (Lipinski definition) is 4. The molecule has 5 rings (SSSR count). The second-order valence-electron chi connectivity index (χ2n) is 8.79. The zero-order valence-electron chi connectivity index (χ0n) is 16.9. The van der Waals surface area contributed by atoms with Crippen LogP contribution in [0.25, 0.3) is 0 Å². The van der Waals surface area contributed by atoms with Crippen LogP contribution in [0.5, 0.6) is 5.75 Å². The second kappa shape index (κ2) is 8.19. The lowest BCUT2D eigenvalue weighted by Crippen LogP contribution is -2.42. The summed E-state index contributed by atoms with van der Waals surface area (Å²) in [6, 6.07) is 8.48. The first kappa shape index (κ1) is 18.7. The molecule has 2 atom stereocenters. The molecule has 2 N–H and O–H groups in total. The Hall–Kier alpha value is -2.34. The first-order valence-electron chi connectivity index (χ1n) is 11.1. The van der Waals surface area contributed by atoms with Gasteiger partial charge in [0.1, 0.15) is 23.9 Å². The van der Waals surface area contributed by atoms with Crippen molar-refractivity contribution < 1.29 is 9.53 Å². The van der Waals surface area contributed by atoms with Crippen molar-refractivity contribution in [3.8, 4) is 5.75 Å². The highest BCUT2D eigenvalue weighted by molar-refractivity contribution is 5.92. The smallest absolute Gasteiger partial charge is 0.271 e. The van der Waals surface area contributed by atoms with Crippen molar-refractivity contribution in [2.24, 2.45) is 5.92 Å². The Bertz CT molecular complexity index is 872. The van der Waals surface area contributed by atoms with Gasteiger partial charge in [-0.1, -0.05) is 43.9 Å². The van der Waals surface area contributed by atoms with Crippen molar-refractivity contribution in [1.82, 2.24) is 20.2 Å². The molecule has 1 aromatic heterocycles. The summed E-state index contributed by atoms with van der Waals surface area (Å²) in [7, 11) is 0. The summed E-state index contributed by atoms with van der Waals surface area (Å²) < 4.78 is 7.95. The van der Waals surface area contributed by atoms with Crippen LogP contribution in [-0.4, -0.2) is 34.1 Å². The lowest BCUT2D eigenvalue weighted by Gasteiger charge is -2.26. The molecule has 6 heteroatoms. The monoisotopic (exact) mass is 394 g/mol. The van der Waals surface area contributed by atoms with Gasteiger partial charge in [-0.2, -0.15) is 0 Å². The standard InChI is InChI=1S/C23H30N4O2/c28-23(25-19-11-17-7-3-4-8-21(17)29-15-19)20-14-27-13-18(24-12-22(27)26-20)10-9-16-5-1-2-6-16/h3-4,7-8,14,16,18-19,24H,1-2,5-6,9-13,15H2,(H,25,28). The summed E-state index contributed by atoms with van der Waals surface area (Å²) >= 11 is 0. The zero-order chi connectivity index (χ0) is 19.6. The number of fused-ring (bicyclic) bond motifs is 2. The van der Waals surface area contributed by atoms with E-state index in [1.54, 1.807) is 0 Å². The molecular formula is C23H30N4O2. The number of hydrogen-bond donors (Lipinski definition) is 2. The van der Waals surface area contributed by atoms with Gasteiger partial charge in [0.25, 0.3) is 5.91 Å². The third-order valence-corrected chi connectivity index (χ3v) is 6.67. The summed E-state index contributed by atoms with van der Waals surface area (Å²) in [6.07, 6.45) is 10.9. The largest absolute Gasteiger partial charge is 0.491 e. The molecule has 29 heavy (non-hydrogen) atoms. The molecule has 0 spiro atoms. The van der Waals surface area contributed by atoms with E-state index in [0.29, 0.717) is 18.3 Å². The topological polar surface area (TPSA) is 68.2 Å². The van der Waals surface area contributed by atoms with Gasteiger partial charge in [-0.3, -0.25) is 4.79 Å². The van der Waals surface area contributed by atoms with Crippen LogP contribution in [0.2, 0.25) is 0 Å². The summed E-state index contributed by atoms with van der Waals surface area (Å²) in [5.41, 5.74) is 1.65. The predicted molar refractivity (Wildman–Crippen MR) is 111 cm³/mol. The zero-order valence-corrected chi connectivity index (χ0v) is 16.9. The normalized spacial score (nSPS) is 23.9. The van der Waals surface area contributed by atoms with Crippen LogP contribution in [0.3, 0.4) is 0 Å². The lowest BCUT2D eigenvalue weighted by atomic mass is 9.98. The molecule has 1 saturated carbocycles. The maximum atomic E-state index is 12.8. The number of ether oxygens (including phenoxy) is 1. The summed E-state index contributed by atoms with van der Waals surface area (Å²) in [4.78, 5) is 17.3. The lowest BCUT2D eigenvalue weighted by molar-refractivity contribution is 0.0910. The molecule has 2 aromatic rings. The molecule has 0 saturated heterocycles. The van der Waals surface area contributed by atoms with Gasteiger partial charge in [-0.15, -0.1) is 0 Å². The summed E-state index contributed by atoms with van der Waals surface area (Å²) in [5, 5.41) is 6.71. The Kier molecular flexibility index (Phi) is 5.27. The van der Waals surface area contributed by atoms with Gasteiger partial charge in [-0.25, -0.2) is 4.98 Å². The number of aromatic nitrogens is 2. The number of carbonyl (C=O) groups excluding carboxylic acids is 1. The third kappa shape index (κ3) is 4.17. The molecule has 0 radical (unpaired) electrons. The van der Waals surface area contributed by atoms with Gasteiger partial charge in [0, 0.05) is 18.8 Å². The van der Waals surface area contributed by atoms with E-state index in [1.165, 1.54) is 38.5 Å². The number of nitrogens with zero attached hydrogens (tertiary/aromatic N) is 2. The van der Waals surface area contributed by atoms with Crippen LogP contribution in [0.15, 0.2) is 30.5 Å². The maximum absolute atomic E-state index is 12.8. The molecule has 154 valence electrons. The van der Waals surface area contributed by atoms with Crippen molar-refractivity contribution in [2.75, 3.05) is 6.61 Å². The average Bonchev–Trinajstić information content (AvgIpc) is 3.41. The van der Waals surface area contributed by atoms with Crippen molar-refractivity contribution in [2.45, 2.75) is 70.1 Å². The van der Waals surface area contributed by atoms with E-state index in [9.17, 15) is 4.79 Å². The molecule has 1 fully saturated rings. The molecule has 2 aliphatic heterocycles. The van der Waals surface area contributed by atoms with E-state index < -0.39 is 0 Å². The molecular weight excluding hydrogens is 364 g/mol. The molecule has 1 aromatic carbocycles. The van der Waals surface area contributed by atoms with Crippen molar-refractivity contribution >= 4 is 5.91 Å². The minimum Gasteiger partial charge on any atom is -0.491 e. The number of benzene rings is 1. The Morgan fingerprint density at radius 2 is 2.10 bits per heavy atom. The fourth-order valence-electron chi connectivity index (χ4n) is 5.01.